The fraction of sp³-hybridized carbons (Fsp3) is 0.308. The number of benzene rings is 2. The molecule has 2 aromatic carbocycles. The number of aromatic nitrogens is 2. The van der Waals surface area contributed by atoms with E-state index in [-0.39, 0.29) is 35.2 Å². The molecule has 6 N–H and O–H groups in total. The molecule has 1 aromatic heterocycles. The second-order valence-electron chi connectivity index (χ2n) is 9.28. The minimum Gasteiger partial charge on any atom is -0.368 e. The molecule has 0 radical (unpaired) electrons. The van der Waals surface area contributed by atoms with Gasteiger partial charge in [-0.25, -0.2) is 23.3 Å². The highest BCUT2D eigenvalue weighted by Gasteiger charge is 2.35. The van der Waals surface area contributed by atoms with Gasteiger partial charge >= 0.3 is 6.18 Å². The lowest BCUT2D eigenvalue weighted by molar-refractivity contribution is -0.141. The normalized spacial score (nSPS) is 13.0. The van der Waals surface area contributed by atoms with Gasteiger partial charge in [0.25, 0.3) is 15.9 Å². The van der Waals surface area contributed by atoms with Crippen molar-refractivity contribution in [2.24, 2.45) is 10.7 Å². The molecule has 0 aliphatic heterocycles. The highest BCUT2D eigenvalue weighted by Crippen LogP contribution is 2.33. The minimum atomic E-state index is -4.71. The number of halogens is 3. The highest BCUT2D eigenvalue weighted by atomic mass is 32.2. The van der Waals surface area contributed by atoms with Crippen LogP contribution in [0.5, 0.6) is 0 Å². The van der Waals surface area contributed by atoms with Gasteiger partial charge in [-0.15, -0.1) is 0 Å². The summed E-state index contributed by atoms with van der Waals surface area (Å²) in [5.74, 6) is -1.72. The lowest BCUT2D eigenvalue weighted by Gasteiger charge is -2.17. The van der Waals surface area contributed by atoms with Crippen LogP contribution in [0.25, 0.3) is 16.9 Å². The van der Waals surface area contributed by atoms with Crippen LogP contribution in [-0.2, 0) is 25.8 Å². The number of hydrogen-bond acceptors (Lipinski definition) is 7. The Bertz CT molecular complexity index is 1540. The van der Waals surface area contributed by atoms with Crippen LogP contribution >= 0.6 is 0 Å². The number of hydrogen-bond donors (Lipinski definition) is 5. The summed E-state index contributed by atoms with van der Waals surface area (Å²) in [5, 5.41) is 14.7. The van der Waals surface area contributed by atoms with Crippen molar-refractivity contribution in [3.8, 4) is 16.9 Å². The van der Waals surface area contributed by atoms with E-state index in [0.29, 0.717) is 18.4 Å². The van der Waals surface area contributed by atoms with Crippen molar-refractivity contribution in [3.63, 3.8) is 0 Å². The molecular weight excluding hydrogens is 579 g/mol. The third-order valence-corrected chi connectivity index (χ3v) is 7.33. The van der Waals surface area contributed by atoms with Gasteiger partial charge in [0.1, 0.15) is 6.04 Å². The predicted molar refractivity (Wildman–Crippen MR) is 147 cm³/mol. The van der Waals surface area contributed by atoms with Crippen LogP contribution < -0.4 is 21.3 Å². The number of nitrogens with two attached hydrogens (primary N) is 1. The van der Waals surface area contributed by atoms with Crippen molar-refractivity contribution in [1.29, 1.82) is 0 Å². The van der Waals surface area contributed by atoms with Gasteiger partial charge in [0, 0.05) is 19.0 Å². The van der Waals surface area contributed by atoms with E-state index in [9.17, 15) is 31.2 Å². The molecule has 42 heavy (non-hydrogen) atoms. The lowest BCUT2D eigenvalue weighted by atomic mass is 10.1. The zero-order chi connectivity index (χ0) is 31.1. The van der Waals surface area contributed by atoms with Gasteiger partial charge in [-0.05, 0) is 56.5 Å². The molecule has 1 unspecified atom stereocenters. The van der Waals surface area contributed by atoms with Crippen LogP contribution in [0, 0.1) is 6.92 Å². The maximum absolute atomic E-state index is 13.5. The van der Waals surface area contributed by atoms with E-state index in [2.05, 4.69) is 15.4 Å². The molecule has 0 spiro atoms. The summed E-state index contributed by atoms with van der Waals surface area (Å²) >= 11 is 0. The van der Waals surface area contributed by atoms with Crippen molar-refractivity contribution in [3.05, 3.63) is 65.9 Å². The minimum absolute atomic E-state index is 0.0878. The number of nitrogens with zero attached hydrogens (tertiary/aromatic N) is 3. The largest absolute Gasteiger partial charge is 0.435 e. The number of amides is 2. The number of guanidine groups is 1. The molecule has 226 valence electrons. The van der Waals surface area contributed by atoms with Crippen LogP contribution in [-0.4, -0.2) is 53.8 Å². The summed E-state index contributed by atoms with van der Waals surface area (Å²) in [6, 6.07) is 11.3. The smallest absolute Gasteiger partial charge is 0.368 e. The molecule has 0 aliphatic rings. The molecular formula is C26H30F3N7O5S. The Hall–Kier alpha value is -4.44. The first-order valence-corrected chi connectivity index (χ1v) is 14.1. The van der Waals surface area contributed by atoms with E-state index in [1.807, 2.05) is 11.6 Å². The Morgan fingerprint density at radius 2 is 1.74 bits per heavy atom. The summed E-state index contributed by atoms with van der Waals surface area (Å²) in [6.45, 7) is 3.23. The van der Waals surface area contributed by atoms with Gasteiger partial charge < -0.3 is 11.1 Å². The van der Waals surface area contributed by atoms with E-state index in [4.69, 9.17) is 10.9 Å². The first-order chi connectivity index (χ1) is 19.7. The first kappa shape index (κ1) is 32.1. The molecule has 0 bridgehead atoms. The molecule has 12 nitrogen and oxygen atoms in total. The van der Waals surface area contributed by atoms with E-state index in [0.717, 1.165) is 28.4 Å². The van der Waals surface area contributed by atoms with Crippen LogP contribution in [0.1, 0.15) is 37.4 Å². The molecule has 0 saturated heterocycles. The molecule has 1 atom stereocenters. The van der Waals surface area contributed by atoms with E-state index in [1.165, 1.54) is 19.1 Å². The molecule has 0 fully saturated rings. The van der Waals surface area contributed by atoms with Crippen molar-refractivity contribution in [2.75, 3.05) is 6.54 Å². The summed E-state index contributed by atoms with van der Waals surface area (Å²) in [5.41, 5.74) is 7.54. The highest BCUT2D eigenvalue weighted by molar-refractivity contribution is 7.90. The number of aryl methyl sites for hydroxylation is 1. The van der Waals surface area contributed by atoms with Crippen LogP contribution in [0.15, 0.2) is 64.5 Å². The quantitative estimate of drug-likeness (QED) is 0.0952. The molecule has 3 aromatic rings. The molecule has 1 heterocycles. The molecule has 0 saturated carbocycles. The van der Waals surface area contributed by atoms with E-state index >= 15 is 0 Å². The zero-order valence-corrected chi connectivity index (χ0v) is 23.5. The van der Waals surface area contributed by atoms with E-state index in [1.54, 1.807) is 29.7 Å². The molecule has 3 rings (SSSR count). The monoisotopic (exact) mass is 609 g/mol. The van der Waals surface area contributed by atoms with Gasteiger partial charge in [-0.3, -0.25) is 19.8 Å². The summed E-state index contributed by atoms with van der Waals surface area (Å²) in [4.78, 5) is 27.8. The number of aliphatic imine (C=N–C) groups is 1. The van der Waals surface area contributed by atoms with E-state index < -0.39 is 39.7 Å². The van der Waals surface area contributed by atoms with Crippen LogP contribution in [0.4, 0.5) is 13.2 Å². The van der Waals surface area contributed by atoms with Gasteiger partial charge in [-0.2, -0.15) is 18.3 Å². The standard InChI is InChI=1S/C26H30F3N7O5S/c1-16-6-8-18(9-7-16)22-15-23(26(27,28)29)33-36(22)19-10-12-20(13-11-19)42(40,41)35-24(38)21(32-17(2)37)5-3-4-14-31-25(30)34-39/h6-13,15,21,39H,3-5,14H2,1-2H3,(H,32,37)(H,35,38)(H3,30,31,34). The van der Waals surface area contributed by atoms with Gasteiger partial charge in [0.15, 0.2) is 5.69 Å². The predicted octanol–water partition coefficient (Wildman–Crippen LogP) is 2.64. The Balaban J connectivity index is 1.80. The SMILES string of the molecule is CC(=O)NC(CCCCN=C(N)NO)C(=O)NS(=O)(=O)c1ccc(-n2nc(C(F)(F)F)cc2-c2ccc(C)cc2)cc1. The average molecular weight is 610 g/mol. The lowest BCUT2D eigenvalue weighted by Crippen LogP contribution is -2.47. The number of rotatable bonds is 11. The van der Waals surface area contributed by atoms with Gasteiger partial charge in [0.2, 0.25) is 11.9 Å². The number of hydroxylamine groups is 1. The molecule has 2 amide bonds. The fourth-order valence-corrected chi connectivity index (χ4v) is 4.90. The number of alkyl halides is 3. The average Bonchev–Trinajstić information content (AvgIpc) is 3.38. The maximum Gasteiger partial charge on any atom is 0.435 e. The Labute approximate surface area is 239 Å². The second kappa shape index (κ2) is 13.5. The molecule has 16 heteroatoms. The van der Waals surface area contributed by atoms with Crippen molar-refractivity contribution in [1.82, 2.24) is 25.3 Å². The summed E-state index contributed by atoms with van der Waals surface area (Å²) < 4.78 is 69.3. The first-order valence-electron chi connectivity index (χ1n) is 12.6. The van der Waals surface area contributed by atoms with Crippen molar-refractivity contribution in [2.45, 2.75) is 50.2 Å². The van der Waals surface area contributed by atoms with Crippen LogP contribution in [0.2, 0.25) is 0 Å². The second-order valence-corrected chi connectivity index (χ2v) is 11.0. The van der Waals surface area contributed by atoms with Gasteiger partial charge in [0.05, 0.1) is 16.3 Å². The Morgan fingerprint density at radius 1 is 1.10 bits per heavy atom. The fourth-order valence-electron chi connectivity index (χ4n) is 3.88. The number of carbonyl (C=O) groups excluding carboxylic acids is 2. The number of nitrogens with one attached hydrogen (secondary N) is 3. The van der Waals surface area contributed by atoms with Crippen molar-refractivity contribution < 1.29 is 36.4 Å². The van der Waals surface area contributed by atoms with Crippen LogP contribution in [0.3, 0.4) is 0 Å². The maximum atomic E-state index is 13.5. The number of unbranched alkanes of at least 4 members (excludes halogenated alkanes) is 1. The number of sulfonamides is 1. The Kier molecular flexibility index (Phi) is 10.3. The third kappa shape index (κ3) is 8.53. The number of carbonyl (C=O) groups is 2. The van der Waals surface area contributed by atoms with Crippen molar-refractivity contribution >= 4 is 27.8 Å². The van der Waals surface area contributed by atoms with Gasteiger partial charge in [-0.1, -0.05) is 29.8 Å². The topological polar surface area (TPSA) is 181 Å². The molecule has 0 aliphatic carbocycles. The summed E-state index contributed by atoms with van der Waals surface area (Å²) in [7, 11) is -4.41. The Morgan fingerprint density at radius 3 is 2.31 bits per heavy atom. The third-order valence-electron chi connectivity index (χ3n) is 5.97. The summed E-state index contributed by atoms with van der Waals surface area (Å²) in [6.07, 6.45) is -3.83. The zero-order valence-electron chi connectivity index (χ0n) is 22.6.